The summed E-state index contributed by atoms with van der Waals surface area (Å²) in [6, 6.07) is 8.57. The van der Waals surface area contributed by atoms with E-state index in [-0.39, 0.29) is 30.5 Å². The Morgan fingerprint density at radius 1 is 1.09 bits per heavy atom. The van der Waals surface area contributed by atoms with Gasteiger partial charge in [-0.1, -0.05) is 58.9 Å². The molecule has 0 saturated heterocycles. The van der Waals surface area contributed by atoms with Crippen LogP contribution in [0.4, 0.5) is 0 Å². The molecule has 5 nitrogen and oxygen atoms in total. The number of hydrogen-bond acceptors (Lipinski definition) is 3. The lowest BCUT2D eigenvalue weighted by atomic mass is 9.85. The minimum atomic E-state index is -0.545. The molecule has 1 aromatic rings. The van der Waals surface area contributed by atoms with E-state index in [4.69, 9.17) is 5.73 Å². The van der Waals surface area contributed by atoms with Gasteiger partial charge in [0.1, 0.15) is 0 Å². The minimum Gasteiger partial charge on any atom is -0.368 e. The molecule has 0 aliphatic heterocycles. The highest BCUT2D eigenvalue weighted by atomic mass is 16.2. The third-order valence-electron chi connectivity index (χ3n) is 3.74. The standard InChI is InChI=1S/C18H29N3O2/c1-12(2)17(21-11-16(23)20-10-15(19)22)13-6-8-14(9-7-13)18(3,4)5/h6-9,12,17,21H,10-11H2,1-5H3,(H2,19,22)(H,20,23)/t17-/m0/s1. The Balaban J connectivity index is 2.71. The predicted molar refractivity (Wildman–Crippen MR) is 92.9 cm³/mol. The summed E-state index contributed by atoms with van der Waals surface area (Å²) in [6.45, 7) is 10.8. The van der Waals surface area contributed by atoms with Crippen molar-refractivity contribution in [2.75, 3.05) is 13.1 Å². The molecule has 0 saturated carbocycles. The smallest absolute Gasteiger partial charge is 0.236 e. The summed E-state index contributed by atoms with van der Waals surface area (Å²) < 4.78 is 0. The van der Waals surface area contributed by atoms with Crippen molar-refractivity contribution in [3.63, 3.8) is 0 Å². The second-order valence-electron chi connectivity index (χ2n) is 7.22. The predicted octanol–water partition coefficient (Wildman–Crippen LogP) is 1.87. The van der Waals surface area contributed by atoms with Crippen molar-refractivity contribution in [2.45, 2.75) is 46.1 Å². The Morgan fingerprint density at radius 3 is 2.09 bits per heavy atom. The minimum absolute atomic E-state index is 0.0725. The maximum absolute atomic E-state index is 11.7. The summed E-state index contributed by atoms with van der Waals surface area (Å²) in [6.07, 6.45) is 0. The Labute approximate surface area is 139 Å². The molecule has 2 amide bonds. The third-order valence-corrected chi connectivity index (χ3v) is 3.74. The maximum Gasteiger partial charge on any atom is 0.236 e. The van der Waals surface area contributed by atoms with Crippen molar-refractivity contribution < 1.29 is 9.59 Å². The van der Waals surface area contributed by atoms with Crippen LogP contribution in [0.2, 0.25) is 0 Å². The number of hydrogen-bond donors (Lipinski definition) is 3. The molecule has 5 heteroatoms. The van der Waals surface area contributed by atoms with Gasteiger partial charge in [0.05, 0.1) is 13.1 Å². The average molecular weight is 319 g/mol. The largest absolute Gasteiger partial charge is 0.368 e. The second-order valence-corrected chi connectivity index (χ2v) is 7.22. The molecular formula is C18H29N3O2. The van der Waals surface area contributed by atoms with Gasteiger partial charge in [0, 0.05) is 6.04 Å². The number of primary amides is 1. The number of benzene rings is 1. The maximum atomic E-state index is 11.7. The van der Waals surface area contributed by atoms with Crippen LogP contribution in [0.15, 0.2) is 24.3 Å². The van der Waals surface area contributed by atoms with Crippen LogP contribution in [0.3, 0.4) is 0 Å². The van der Waals surface area contributed by atoms with E-state index < -0.39 is 5.91 Å². The number of nitrogens with two attached hydrogens (primary N) is 1. The molecule has 0 aliphatic carbocycles. The van der Waals surface area contributed by atoms with Gasteiger partial charge in [-0.2, -0.15) is 0 Å². The van der Waals surface area contributed by atoms with Gasteiger partial charge in [0.25, 0.3) is 0 Å². The monoisotopic (exact) mass is 319 g/mol. The molecular weight excluding hydrogens is 290 g/mol. The van der Waals surface area contributed by atoms with Crippen LogP contribution in [-0.4, -0.2) is 24.9 Å². The lowest BCUT2D eigenvalue weighted by Crippen LogP contribution is -2.40. The van der Waals surface area contributed by atoms with Crippen molar-refractivity contribution in [1.82, 2.24) is 10.6 Å². The quantitative estimate of drug-likeness (QED) is 0.717. The van der Waals surface area contributed by atoms with E-state index in [1.54, 1.807) is 0 Å². The first-order chi connectivity index (χ1) is 10.6. The van der Waals surface area contributed by atoms with Gasteiger partial charge in [0.2, 0.25) is 11.8 Å². The third kappa shape index (κ3) is 6.40. The first-order valence-electron chi connectivity index (χ1n) is 8.00. The van der Waals surface area contributed by atoms with Crippen LogP contribution in [0, 0.1) is 5.92 Å². The van der Waals surface area contributed by atoms with Crippen LogP contribution in [-0.2, 0) is 15.0 Å². The normalized spacial score (nSPS) is 13.0. The van der Waals surface area contributed by atoms with Crippen LogP contribution in [0.5, 0.6) is 0 Å². The Bertz CT molecular complexity index is 530. The number of nitrogens with one attached hydrogen (secondary N) is 2. The molecule has 0 radical (unpaired) electrons. The summed E-state index contributed by atoms with van der Waals surface area (Å²) >= 11 is 0. The van der Waals surface area contributed by atoms with Crippen molar-refractivity contribution in [1.29, 1.82) is 0 Å². The van der Waals surface area contributed by atoms with E-state index >= 15 is 0 Å². The number of carbonyl (C=O) groups excluding carboxylic acids is 2. The van der Waals surface area contributed by atoms with Crippen molar-refractivity contribution in [3.8, 4) is 0 Å². The topological polar surface area (TPSA) is 84.2 Å². The highest BCUT2D eigenvalue weighted by Gasteiger charge is 2.18. The van der Waals surface area contributed by atoms with Crippen molar-refractivity contribution in [2.24, 2.45) is 11.7 Å². The zero-order valence-electron chi connectivity index (χ0n) is 14.8. The highest BCUT2D eigenvalue weighted by Crippen LogP contribution is 2.26. The fourth-order valence-electron chi connectivity index (χ4n) is 2.38. The second kappa shape index (κ2) is 8.11. The molecule has 23 heavy (non-hydrogen) atoms. The Kier molecular flexibility index (Phi) is 6.76. The molecule has 1 atom stereocenters. The zero-order chi connectivity index (χ0) is 17.6. The fourth-order valence-corrected chi connectivity index (χ4v) is 2.38. The van der Waals surface area contributed by atoms with Gasteiger partial charge in [-0.25, -0.2) is 0 Å². The van der Waals surface area contributed by atoms with Crippen LogP contribution in [0.25, 0.3) is 0 Å². The summed E-state index contributed by atoms with van der Waals surface area (Å²) in [5, 5.41) is 5.73. The number of rotatable bonds is 7. The van der Waals surface area contributed by atoms with E-state index in [2.05, 4.69) is 69.5 Å². The van der Waals surface area contributed by atoms with Gasteiger partial charge in [0.15, 0.2) is 0 Å². The molecule has 0 fully saturated rings. The first kappa shape index (κ1) is 19.2. The zero-order valence-corrected chi connectivity index (χ0v) is 14.8. The Hall–Kier alpha value is -1.88. The molecule has 0 unspecified atom stereocenters. The number of amides is 2. The van der Waals surface area contributed by atoms with Gasteiger partial charge in [-0.3, -0.25) is 9.59 Å². The van der Waals surface area contributed by atoms with E-state index in [1.807, 2.05) is 0 Å². The van der Waals surface area contributed by atoms with Gasteiger partial charge in [-0.15, -0.1) is 0 Å². The van der Waals surface area contributed by atoms with Gasteiger partial charge in [-0.05, 0) is 22.5 Å². The van der Waals surface area contributed by atoms with E-state index in [9.17, 15) is 9.59 Å². The summed E-state index contributed by atoms with van der Waals surface area (Å²) in [5.41, 5.74) is 7.56. The summed E-state index contributed by atoms with van der Waals surface area (Å²) in [4.78, 5) is 22.4. The fraction of sp³-hybridized carbons (Fsp3) is 0.556. The summed E-state index contributed by atoms with van der Waals surface area (Å²) in [7, 11) is 0. The lowest BCUT2D eigenvalue weighted by molar-refractivity contribution is -0.124. The molecule has 1 rings (SSSR count). The van der Waals surface area contributed by atoms with E-state index in [1.165, 1.54) is 5.56 Å². The van der Waals surface area contributed by atoms with E-state index in [0.29, 0.717) is 5.92 Å². The van der Waals surface area contributed by atoms with Gasteiger partial charge < -0.3 is 16.4 Å². The molecule has 0 aromatic heterocycles. The molecule has 128 valence electrons. The molecule has 0 bridgehead atoms. The molecule has 4 N–H and O–H groups in total. The lowest BCUT2D eigenvalue weighted by Gasteiger charge is -2.25. The highest BCUT2D eigenvalue weighted by molar-refractivity contribution is 5.84. The van der Waals surface area contributed by atoms with Crippen molar-refractivity contribution >= 4 is 11.8 Å². The first-order valence-corrected chi connectivity index (χ1v) is 8.00. The SMILES string of the molecule is CC(C)[C@H](NCC(=O)NCC(N)=O)c1ccc(C(C)(C)C)cc1. The molecule has 0 heterocycles. The molecule has 1 aromatic carbocycles. The average Bonchev–Trinajstić information content (AvgIpc) is 2.44. The van der Waals surface area contributed by atoms with Gasteiger partial charge >= 0.3 is 0 Å². The summed E-state index contributed by atoms with van der Waals surface area (Å²) in [5.74, 6) is -0.447. The number of carbonyl (C=O) groups is 2. The Morgan fingerprint density at radius 2 is 1.65 bits per heavy atom. The van der Waals surface area contributed by atoms with E-state index in [0.717, 1.165) is 5.56 Å². The van der Waals surface area contributed by atoms with Crippen molar-refractivity contribution in [3.05, 3.63) is 35.4 Å². The van der Waals surface area contributed by atoms with Crippen LogP contribution < -0.4 is 16.4 Å². The van der Waals surface area contributed by atoms with Crippen LogP contribution >= 0.6 is 0 Å². The molecule has 0 aliphatic rings. The van der Waals surface area contributed by atoms with Crippen LogP contribution in [0.1, 0.15) is 51.8 Å². The molecule has 0 spiro atoms.